The third-order valence-corrected chi connectivity index (χ3v) is 3.35. The van der Waals surface area contributed by atoms with E-state index in [1.807, 2.05) is 0 Å². The summed E-state index contributed by atoms with van der Waals surface area (Å²) in [6.07, 6.45) is 1.54. The Labute approximate surface area is 122 Å². The second-order valence-corrected chi connectivity index (χ2v) is 4.90. The van der Waals surface area contributed by atoms with Gasteiger partial charge in [0.15, 0.2) is 0 Å². The normalized spacial score (nSPS) is 10.8. The Morgan fingerprint density at radius 3 is 2.81 bits per heavy atom. The minimum atomic E-state index is -1.30. The fourth-order valence-electron chi connectivity index (χ4n) is 2.15. The van der Waals surface area contributed by atoms with Crippen LogP contribution in [0.3, 0.4) is 0 Å². The Morgan fingerprint density at radius 1 is 1.38 bits per heavy atom. The first-order valence-corrected chi connectivity index (χ1v) is 6.92. The highest BCUT2D eigenvalue weighted by Crippen LogP contribution is 2.24. The molecule has 1 aromatic carbocycles. The molecule has 0 unspecified atom stereocenters. The first kappa shape index (κ1) is 15.1. The van der Waals surface area contributed by atoms with Gasteiger partial charge in [-0.3, -0.25) is 0 Å². The molecule has 2 aromatic rings. The first-order valence-electron chi connectivity index (χ1n) is 6.92. The predicted molar refractivity (Wildman–Crippen MR) is 76.3 cm³/mol. The minimum absolute atomic E-state index is 0.127. The summed E-state index contributed by atoms with van der Waals surface area (Å²) in [5.41, 5.74) is 0.483. The van der Waals surface area contributed by atoms with Gasteiger partial charge in [0.1, 0.15) is 11.3 Å². The summed E-state index contributed by atoms with van der Waals surface area (Å²) < 4.78 is 10.8. The Bertz CT molecular complexity index is 714. The van der Waals surface area contributed by atoms with Crippen LogP contribution in [0.15, 0.2) is 27.4 Å². The second-order valence-electron chi connectivity index (χ2n) is 4.90. The van der Waals surface area contributed by atoms with Gasteiger partial charge >= 0.3 is 5.63 Å². The highest BCUT2D eigenvalue weighted by Gasteiger charge is 2.12. The number of aliphatic carboxylic acids is 1. The summed E-state index contributed by atoms with van der Waals surface area (Å²) in [5.74, 6) is -0.671. The van der Waals surface area contributed by atoms with Crippen LogP contribution in [-0.4, -0.2) is 12.6 Å². The molecule has 112 valence electrons. The third kappa shape index (κ3) is 3.42. The SMILES string of the molecule is CCCCOc1ccc2c(C)c(CC(=O)[O-])c(=O)oc2c1. The summed E-state index contributed by atoms with van der Waals surface area (Å²) in [4.78, 5) is 22.6. The smallest absolute Gasteiger partial charge is 0.340 e. The van der Waals surface area contributed by atoms with Gasteiger partial charge in [0.2, 0.25) is 0 Å². The number of aryl methyl sites for hydroxylation is 1. The molecule has 5 nitrogen and oxygen atoms in total. The lowest BCUT2D eigenvalue weighted by atomic mass is 10.0. The number of hydrogen-bond acceptors (Lipinski definition) is 5. The number of unbranched alkanes of at least 4 members (excludes halogenated alkanes) is 1. The van der Waals surface area contributed by atoms with Gasteiger partial charge in [-0.25, -0.2) is 4.79 Å². The number of hydrogen-bond donors (Lipinski definition) is 0. The van der Waals surface area contributed by atoms with Crippen molar-refractivity contribution in [1.29, 1.82) is 0 Å². The fourth-order valence-corrected chi connectivity index (χ4v) is 2.15. The largest absolute Gasteiger partial charge is 0.550 e. The van der Waals surface area contributed by atoms with E-state index in [4.69, 9.17) is 9.15 Å². The molecule has 0 aliphatic heterocycles. The highest BCUT2D eigenvalue weighted by atomic mass is 16.5. The zero-order valence-corrected chi connectivity index (χ0v) is 12.1. The molecule has 0 N–H and O–H groups in total. The van der Waals surface area contributed by atoms with Crippen LogP contribution < -0.4 is 15.5 Å². The molecule has 0 saturated carbocycles. The Balaban J connectivity index is 2.41. The molecule has 0 bridgehead atoms. The maximum Gasteiger partial charge on any atom is 0.340 e. The highest BCUT2D eigenvalue weighted by molar-refractivity contribution is 5.83. The van der Waals surface area contributed by atoms with Crippen molar-refractivity contribution in [2.45, 2.75) is 33.1 Å². The Hall–Kier alpha value is -2.30. The number of carboxylic acids is 1. The van der Waals surface area contributed by atoms with E-state index in [-0.39, 0.29) is 5.56 Å². The van der Waals surface area contributed by atoms with Gasteiger partial charge < -0.3 is 19.1 Å². The summed E-state index contributed by atoms with van der Waals surface area (Å²) in [6, 6.07) is 5.21. The minimum Gasteiger partial charge on any atom is -0.550 e. The van der Waals surface area contributed by atoms with Crippen molar-refractivity contribution >= 4 is 16.9 Å². The van der Waals surface area contributed by atoms with Crippen molar-refractivity contribution in [2.75, 3.05) is 6.61 Å². The van der Waals surface area contributed by atoms with E-state index in [1.165, 1.54) is 0 Å². The number of fused-ring (bicyclic) bond motifs is 1. The van der Waals surface area contributed by atoms with Crippen molar-refractivity contribution in [2.24, 2.45) is 0 Å². The van der Waals surface area contributed by atoms with E-state index >= 15 is 0 Å². The predicted octanol–water partition coefficient (Wildman–Crippen LogP) is 1.57. The number of rotatable bonds is 6. The second kappa shape index (κ2) is 6.43. The molecule has 0 spiro atoms. The molecule has 0 amide bonds. The standard InChI is InChI=1S/C16H18O5/c1-3-4-7-20-11-5-6-12-10(2)13(9-15(17)18)16(19)21-14(12)8-11/h5-6,8H,3-4,7,9H2,1-2H3,(H,17,18)/p-1. The van der Waals surface area contributed by atoms with E-state index in [2.05, 4.69) is 6.92 Å². The van der Waals surface area contributed by atoms with Gasteiger partial charge in [-0.2, -0.15) is 0 Å². The van der Waals surface area contributed by atoms with Crippen molar-refractivity contribution in [1.82, 2.24) is 0 Å². The van der Waals surface area contributed by atoms with Crippen LogP contribution in [0.4, 0.5) is 0 Å². The van der Waals surface area contributed by atoms with E-state index in [0.29, 0.717) is 28.9 Å². The van der Waals surface area contributed by atoms with Crippen molar-refractivity contribution < 1.29 is 19.1 Å². The molecule has 1 heterocycles. The van der Waals surface area contributed by atoms with E-state index in [0.717, 1.165) is 12.8 Å². The molecule has 0 atom stereocenters. The first-order chi connectivity index (χ1) is 10.0. The van der Waals surface area contributed by atoms with Crippen LogP contribution in [0.5, 0.6) is 5.75 Å². The lowest BCUT2D eigenvalue weighted by Gasteiger charge is -2.10. The van der Waals surface area contributed by atoms with Crippen molar-refractivity contribution in [3.63, 3.8) is 0 Å². The molecule has 5 heteroatoms. The maximum absolute atomic E-state index is 11.9. The molecule has 0 saturated heterocycles. The summed E-state index contributed by atoms with van der Waals surface area (Å²) >= 11 is 0. The van der Waals surface area contributed by atoms with Crippen LogP contribution in [0.1, 0.15) is 30.9 Å². The van der Waals surface area contributed by atoms with Crippen LogP contribution >= 0.6 is 0 Å². The number of ether oxygens (including phenoxy) is 1. The topological polar surface area (TPSA) is 79.6 Å². The van der Waals surface area contributed by atoms with Crippen LogP contribution in [0.2, 0.25) is 0 Å². The van der Waals surface area contributed by atoms with Crippen LogP contribution in [0.25, 0.3) is 11.0 Å². The Kier molecular flexibility index (Phi) is 4.62. The summed E-state index contributed by atoms with van der Waals surface area (Å²) in [6.45, 7) is 4.38. The van der Waals surface area contributed by atoms with E-state index < -0.39 is 18.0 Å². The monoisotopic (exact) mass is 289 g/mol. The van der Waals surface area contributed by atoms with Gasteiger partial charge in [0.25, 0.3) is 0 Å². The average Bonchev–Trinajstić information content (AvgIpc) is 2.43. The fraction of sp³-hybridized carbons (Fsp3) is 0.375. The lowest BCUT2D eigenvalue weighted by Crippen LogP contribution is -2.27. The molecule has 0 fully saturated rings. The number of carboxylic acid groups (broad SMARTS) is 1. The molecule has 2 rings (SSSR count). The van der Waals surface area contributed by atoms with Crippen molar-refractivity contribution in [3.8, 4) is 5.75 Å². The van der Waals surface area contributed by atoms with Gasteiger partial charge in [0.05, 0.1) is 6.61 Å². The molecule has 21 heavy (non-hydrogen) atoms. The van der Waals surface area contributed by atoms with Gasteiger partial charge in [0, 0.05) is 29.4 Å². The number of benzene rings is 1. The molecule has 0 aliphatic rings. The molecule has 0 radical (unpaired) electrons. The van der Waals surface area contributed by atoms with Gasteiger partial charge in [-0.15, -0.1) is 0 Å². The molecule has 1 aromatic heterocycles. The van der Waals surface area contributed by atoms with E-state index in [1.54, 1.807) is 25.1 Å². The van der Waals surface area contributed by atoms with Crippen LogP contribution in [-0.2, 0) is 11.2 Å². The summed E-state index contributed by atoms with van der Waals surface area (Å²) in [7, 11) is 0. The molecular formula is C16H17O5-. The number of carbonyl (C=O) groups excluding carboxylic acids is 1. The Morgan fingerprint density at radius 2 is 2.14 bits per heavy atom. The number of carbonyl (C=O) groups is 1. The van der Waals surface area contributed by atoms with Crippen molar-refractivity contribution in [3.05, 3.63) is 39.7 Å². The maximum atomic E-state index is 11.9. The van der Waals surface area contributed by atoms with Crippen LogP contribution in [0, 0.1) is 6.92 Å². The average molecular weight is 289 g/mol. The molecular weight excluding hydrogens is 272 g/mol. The summed E-state index contributed by atoms with van der Waals surface area (Å²) in [5, 5.41) is 11.4. The van der Waals surface area contributed by atoms with E-state index in [9.17, 15) is 14.7 Å². The zero-order chi connectivity index (χ0) is 15.4. The zero-order valence-electron chi connectivity index (χ0n) is 12.1. The van der Waals surface area contributed by atoms with Gasteiger partial charge in [-0.05, 0) is 31.0 Å². The quantitative estimate of drug-likeness (QED) is 0.595. The van der Waals surface area contributed by atoms with Gasteiger partial charge in [-0.1, -0.05) is 13.3 Å². The molecule has 0 aliphatic carbocycles. The third-order valence-electron chi connectivity index (χ3n) is 3.35. The lowest BCUT2D eigenvalue weighted by molar-refractivity contribution is -0.304.